The van der Waals surface area contributed by atoms with Crippen LogP contribution in [-0.4, -0.2) is 56.6 Å². The Morgan fingerprint density at radius 1 is 1.03 bits per heavy atom. The smallest absolute Gasteiger partial charge is 0.243 e. The van der Waals surface area contributed by atoms with E-state index in [2.05, 4.69) is 5.32 Å². The molecule has 2 aromatic carbocycles. The molecule has 2 amide bonds. The number of carbonyl (C=O) groups is 2. The fourth-order valence-corrected chi connectivity index (χ4v) is 6.01. The van der Waals surface area contributed by atoms with E-state index < -0.39 is 16.1 Å². The number of nitrogens with zero attached hydrogens (tertiary/aromatic N) is 2. The van der Waals surface area contributed by atoms with Crippen LogP contribution in [0.2, 0.25) is 0 Å². The number of aryl methyl sites for hydroxylation is 1. The zero-order valence-electron chi connectivity index (χ0n) is 22.4. The number of nitrogens with one attached hydrogen (secondary N) is 1. The molecule has 8 heteroatoms. The van der Waals surface area contributed by atoms with Crippen LogP contribution in [0.3, 0.4) is 0 Å². The van der Waals surface area contributed by atoms with Gasteiger partial charge in [0.15, 0.2) is 0 Å². The molecule has 1 aliphatic rings. The highest BCUT2D eigenvalue weighted by atomic mass is 32.2. The molecule has 202 valence electrons. The van der Waals surface area contributed by atoms with Crippen molar-refractivity contribution in [2.45, 2.75) is 77.3 Å². The Balaban J connectivity index is 1.71. The maximum absolute atomic E-state index is 13.5. The van der Waals surface area contributed by atoms with Crippen molar-refractivity contribution >= 4 is 27.5 Å². The Labute approximate surface area is 222 Å². The quantitative estimate of drug-likeness (QED) is 0.417. The highest BCUT2D eigenvalue weighted by Gasteiger charge is 2.30. The predicted octanol–water partition coefficient (Wildman–Crippen LogP) is 4.45. The summed E-state index contributed by atoms with van der Waals surface area (Å²) in [4.78, 5) is 28.4. The van der Waals surface area contributed by atoms with Gasteiger partial charge in [-0.1, -0.05) is 62.2 Å². The Bertz CT molecular complexity index is 1130. The summed E-state index contributed by atoms with van der Waals surface area (Å²) in [7, 11) is -3.50. The van der Waals surface area contributed by atoms with E-state index in [0.717, 1.165) is 36.8 Å². The third-order valence-corrected chi connectivity index (χ3v) is 8.21. The van der Waals surface area contributed by atoms with Gasteiger partial charge in [-0.2, -0.15) is 0 Å². The summed E-state index contributed by atoms with van der Waals surface area (Å²) in [6.45, 7) is 4.49. The van der Waals surface area contributed by atoms with E-state index in [4.69, 9.17) is 0 Å². The van der Waals surface area contributed by atoms with E-state index in [1.165, 1.54) is 10.6 Å². The Kier molecular flexibility index (Phi) is 10.6. The van der Waals surface area contributed by atoms with Crippen molar-refractivity contribution in [1.82, 2.24) is 10.2 Å². The summed E-state index contributed by atoms with van der Waals surface area (Å²) in [6, 6.07) is 16.9. The summed E-state index contributed by atoms with van der Waals surface area (Å²) >= 11 is 0. The molecule has 1 atom stereocenters. The lowest BCUT2D eigenvalue weighted by atomic mass is 10.1. The van der Waals surface area contributed by atoms with Crippen LogP contribution in [0.1, 0.15) is 63.0 Å². The normalized spacial score (nSPS) is 14.8. The van der Waals surface area contributed by atoms with E-state index in [9.17, 15) is 18.0 Å². The number of carbonyl (C=O) groups excluding carboxylic acids is 2. The number of benzene rings is 2. The van der Waals surface area contributed by atoms with Crippen LogP contribution in [-0.2, 0) is 26.0 Å². The van der Waals surface area contributed by atoms with Crippen LogP contribution >= 0.6 is 0 Å². The van der Waals surface area contributed by atoms with Crippen LogP contribution in [0.4, 0.5) is 5.69 Å². The fourth-order valence-electron chi connectivity index (χ4n) is 5.05. The number of anilines is 1. The first kappa shape index (κ1) is 28.7. The third-order valence-electron chi connectivity index (χ3n) is 7.01. The average Bonchev–Trinajstić information content (AvgIpc) is 3.37. The van der Waals surface area contributed by atoms with Gasteiger partial charge in [0.1, 0.15) is 6.04 Å². The summed E-state index contributed by atoms with van der Waals surface area (Å²) in [6.07, 6.45) is 7.11. The van der Waals surface area contributed by atoms with Gasteiger partial charge in [0.05, 0.1) is 11.9 Å². The van der Waals surface area contributed by atoms with Crippen molar-refractivity contribution in [2.24, 2.45) is 0 Å². The van der Waals surface area contributed by atoms with Crippen LogP contribution in [0.25, 0.3) is 0 Å². The molecule has 1 saturated carbocycles. The summed E-state index contributed by atoms with van der Waals surface area (Å²) < 4.78 is 26.3. The molecular formula is C29H41N3O4S. The lowest BCUT2D eigenvalue weighted by Crippen LogP contribution is -2.52. The van der Waals surface area contributed by atoms with Crippen LogP contribution in [0.5, 0.6) is 0 Å². The van der Waals surface area contributed by atoms with E-state index in [1.807, 2.05) is 62.4 Å². The van der Waals surface area contributed by atoms with Gasteiger partial charge in [-0.3, -0.25) is 13.9 Å². The van der Waals surface area contributed by atoms with Gasteiger partial charge >= 0.3 is 0 Å². The average molecular weight is 528 g/mol. The molecule has 0 aromatic heterocycles. The number of amides is 2. The summed E-state index contributed by atoms with van der Waals surface area (Å²) in [5.74, 6) is -0.213. The molecule has 1 fully saturated rings. The van der Waals surface area contributed by atoms with Gasteiger partial charge in [0.25, 0.3) is 0 Å². The minimum Gasteiger partial charge on any atom is -0.352 e. The van der Waals surface area contributed by atoms with E-state index in [-0.39, 0.29) is 30.8 Å². The Morgan fingerprint density at radius 2 is 1.73 bits per heavy atom. The molecule has 0 saturated heterocycles. The van der Waals surface area contributed by atoms with Crippen LogP contribution in [0, 0.1) is 6.92 Å². The molecule has 0 spiro atoms. The van der Waals surface area contributed by atoms with Crippen LogP contribution in [0.15, 0.2) is 54.6 Å². The molecular weight excluding hydrogens is 486 g/mol. The molecule has 0 heterocycles. The lowest BCUT2D eigenvalue weighted by Gasteiger charge is -2.32. The first-order valence-corrected chi connectivity index (χ1v) is 15.2. The second-order valence-corrected chi connectivity index (χ2v) is 11.9. The maximum atomic E-state index is 13.5. The molecule has 0 aliphatic heterocycles. The second kappa shape index (κ2) is 13.6. The lowest BCUT2D eigenvalue weighted by molar-refractivity contribution is -0.141. The minimum atomic E-state index is -3.50. The highest BCUT2D eigenvalue weighted by molar-refractivity contribution is 7.92. The third kappa shape index (κ3) is 8.59. The van der Waals surface area contributed by atoms with Gasteiger partial charge in [0.2, 0.25) is 21.8 Å². The summed E-state index contributed by atoms with van der Waals surface area (Å²) in [5.41, 5.74) is 2.67. The SMILES string of the molecule is CC[C@@H](C(=O)NC1CCCC1)N(CCc1ccccc1)C(=O)CCCN(c1cccc(C)c1)S(C)(=O)=O. The maximum Gasteiger partial charge on any atom is 0.243 e. The molecule has 0 radical (unpaired) electrons. The van der Waals surface area contributed by atoms with Gasteiger partial charge in [-0.25, -0.2) is 8.42 Å². The molecule has 3 rings (SSSR count). The fraction of sp³-hybridized carbons (Fsp3) is 0.517. The van der Waals surface area contributed by atoms with Gasteiger partial charge < -0.3 is 10.2 Å². The Hall–Kier alpha value is -2.87. The van der Waals surface area contributed by atoms with E-state index >= 15 is 0 Å². The highest BCUT2D eigenvalue weighted by Crippen LogP contribution is 2.21. The monoisotopic (exact) mass is 527 g/mol. The first-order valence-electron chi connectivity index (χ1n) is 13.4. The van der Waals surface area contributed by atoms with Crippen molar-refractivity contribution in [3.63, 3.8) is 0 Å². The molecule has 1 N–H and O–H groups in total. The van der Waals surface area contributed by atoms with Gasteiger partial charge in [-0.05, 0) is 62.3 Å². The van der Waals surface area contributed by atoms with Gasteiger partial charge in [0, 0.05) is 25.6 Å². The van der Waals surface area contributed by atoms with Crippen LogP contribution < -0.4 is 9.62 Å². The van der Waals surface area contributed by atoms with Gasteiger partial charge in [-0.15, -0.1) is 0 Å². The largest absolute Gasteiger partial charge is 0.352 e. The van der Waals surface area contributed by atoms with Crippen molar-refractivity contribution in [2.75, 3.05) is 23.7 Å². The molecule has 0 bridgehead atoms. The van der Waals surface area contributed by atoms with Crippen molar-refractivity contribution in [1.29, 1.82) is 0 Å². The standard InChI is InChI=1S/C29H41N3O4S/c1-4-27(29(34)30-25-15-8-9-16-25)31(21-19-24-13-6-5-7-14-24)28(33)18-11-20-32(37(3,35)36)26-17-10-12-23(2)22-26/h5-7,10,12-14,17,22,25,27H,4,8-9,11,15-16,18-21H2,1-3H3,(H,30,34)/t27-/m0/s1. The molecule has 0 unspecified atom stereocenters. The predicted molar refractivity (Wildman–Crippen MR) is 149 cm³/mol. The van der Waals surface area contributed by atoms with E-state index in [1.54, 1.807) is 11.0 Å². The summed E-state index contributed by atoms with van der Waals surface area (Å²) in [5, 5.41) is 3.16. The van der Waals surface area contributed by atoms with E-state index in [0.29, 0.717) is 31.5 Å². The van der Waals surface area contributed by atoms with Crippen molar-refractivity contribution in [3.8, 4) is 0 Å². The molecule has 7 nitrogen and oxygen atoms in total. The second-order valence-electron chi connectivity index (χ2n) is 10.0. The number of hydrogen-bond acceptors (Lipinski definition) is 4. The molecule has 37 heavy (non-hydrogen) atoms. The van der Waals surface area contributed by atoms with Crippen molar-refractivity contribution < 1.29 is 18.0 Å². The zero-order valence-corrected chi connectivity index (χ0v) is 23.2. The first-order chi connectivity index (χ1) is 17.7. The Morgan fingerprint density at radius 3 is 2.35 bits per heavy atom. The number of rotatable bonds is 13. The zero-order chi connectivity index (χ0) is 26.8. The molecule has 1 aliphatic carbocycles. The minimum absolute atomic E-state index is 0.0895. The topological polar surface area (TPSA) is 86.8 Å². The number of sulfonamides is 1. The molecule has 2 aromatic rings. The van der Waals surface area contributed by atoms with Crippen molar-refractivity contribution in [3.05, 3.63) is 65.7 Å². The number of hydrogen-bond donors (Lipinski definition) is 1.